The van der Waals surface area contributed by atoms with Crippen molar-refractivity contribution in [2.45, 2.75) is 0 Å². The molecule has 0 bridgehead atoms. The Bertz CT molecular complexity index is 87.8. The second kappa shape index (κ2) is 37.6. The predicted molar refractivity (Wildman–Crippen MR) is 73.6 cm³/mol. The molecule has 0 rings (SSSR count). The van der Waals surface area contributed by atoms with Crippen LogP contribution in [0.4, 0.5) is 0 Å². The summed E-state index contributed by atoms with van der Waals surface area (Å²) in [4.78, 5) is 0. The van der Waals surface area contributed by atoms with Crippen LogP contribution in [0, 0.1) is 0 Å². The van der Waals surface area contributed by atoms with Crippen LogP contribution in [0.15, 0.2) is 0 Å². The summed E-state index contributed by atoms with van der Waals surface area (Å²) < 4.78 is 0. The van der Waals surface area contributed by atoms with Gasteiger partial charge in [0.15, 0.2) is 0 Å². The number of hydrogen-bond acceptors (Lipinski definition) is 12. The summed E-state index contributed by atoms with van der Waals surface area (Å²) >= 11 is 0. The van der Waals surface area contributed by atoms with Gasteiger partial charge in [-0.2, -0.15) is 0 Å². The molecule has 0 aliphatic heterocycles. The third kappa shape index (κ3) is 651. The van der Waals surface area contributed by atoms with Gasteiger partial charge >= 0.3 is 142 Å². The van der Waals surface area contributed by atoms with Gasteiger partial charge in [-0.15, -0.1) is 0 Å². The third-order valence-corrected chi connectivity index (χ3v) is 0. The summed E-state index contributed by atoms with van der Waals surface area (Å²) in [5.41, 5.74) is 0. The third-order valence-electron chi connectivity index (χ3n) is 0. The molecule has 0 heterocycles. The summed E-state index contributed by atoms with van der Waals surface area (Å²) in [5, 5.41) is 86.0. The van der Waals surface area contributed by atoms with Crippen LogP contribution in [-0.4, -0.2) is 203 Å². The fraction of sp³-hybridized carbons (Fsp3) is 0. The van der Waals surface area contributed by atoms with Crippen LogP contribution in [0.1, 0.15) is 8.56 Å². The Kier molecular flexibility index (Phi) is 85.8. The average molecular weight is 374 g/mol. The molecule has 12 N–H and O–H groups in total. The van der Waals surface area contributed by atoms with Crippen molar-refractivity contribution in [1.29, 1.82) is 0 Å². The van der Waals surface area contributed by atoms with E-state index in [0.717, 1.165) is 0 Å². The number of hydrogen-bond donors (Lipinski definition) is 12. The van der Waals surface area contributed by atoms with E-state index >= 15 is 0 Å². The van der Waals surface area contributed by atoms with Crippen LogP contribution < -0.4 is 0 Å². The Hall–Kier alpha value is 3.56. The van der Waals surface area contributed by atoms with Crippen molar-refractivity contribution in [3.8, 4) is 0 Å². The van der Waals surface area contributed by atoms with Crippen molar-refractivity contribution >= 4 is 142 Å². The van der Waals surface area contributed by atoms with Gasteiger partial charge in [0.1, 0.15) is 0 Å². The predicted octanol–water partition coefficient (Wildman–Crippen LogP) is -8.67. The molecule has 0 atom stereocenters. The zero-order chi connectivity index (χ0) is 14.3. The maximum Gasteiger partial charge on any atom is 2.00 e. The van der Waals surface area contributed by atoms with Gasteiger partial charge in [-0.1, -0.05) is 0 Å². The molecule has 0 saturated carbocycles. The summed E-state index contributed by atoms with van der Waals surface area (Å²) in [7, 11) is -8.67. The van der Waals surface area contributed by atoms with E-state index < -0.39 is 29.3 Å². The Morgan fingerprint density at radius 1 is 0.316 bits per heavy atom. The minimum absolute atomic E-state index is 0. The van der Waals surface area contributed by atoms with E-state index in [2.05, 4.69) is 0 Å². The van der Waals surface area contributed by atoms with Crippen molar-refractivity contribution in [1.82, 2.24) is 0 Å². The van der Waals surface area contributed by atoms with E-state index in [4.69, 9.17) is 60.3 Å². The summed E-state index contributed by atoms with van der Waals surface area (Å²) in [6.45, 7) is 0. The van der Waals surface area contributed by atoms with E-state index in [-0.39, 0.29) is 122 Å². The maximum atomic E-state index is 7.17. The Morgan fingerprint density at radius 2 is 0.316 bits per heavy atom. The smallest absolute Gasteiger partial charge is 1.00 e. The summed E-state index contributed by atoms with van der Waals surface area (Å²) in [6, 6.07) is 0. The van der Waals surface area contributed by atoms with Crippen LogP contribution >= 0.6 is 0 Å². The zero-order valence-electron chi connectivity index (χ0n) is 15.8. The molecule has 0 aliphatic carbocycles. The molecular formula is H18B4Ca3O12. The van der Waals surface area contributed by atoms with Gasteiger partial charge in [0.2, 0.25) is 0 Å². The van der Waals surface area contributed by atoms with Crippen molar-refractivity contribution in [3.05, 3.63) is 0 Å². The first-order valence-electron chi connectivity index (χ1n) is 3.10. The quantitative estimate of drug-likeness (QED) is 0.177. The summed E-state index contributed by atoms with van der Waals surface area (Å²) in [6.07, 6.45) is 0. The van der Waals surface area contributed by atoms with Gasteiger partial charge in [-0.05, 0) is 0 Å². The van der Waals surface area contributed by atoms with Crippen LogP contribution in [0.25, 0.3) is 0 Å². The van der Waals surface area contributed by atoms with Gasteiger partial charge in [0.25, 0.3) is 0 Å². The average Bonchev–Trinajstić information content (AvgIpc) is 1.76. The molecule has 0 aromatic carbocycles. The fourth-order valence-electron chi connectivity index (χ4n) is 0. The molecule has 0 amide bonds. The van der Waals surface area contributed by atoms with Gasteiger partial charge in [-0.3, -0.25) is 0 Å². The standard InChI is InChI=1S/4BH3O3.3Ca.6H/c4*2-1(3)4;;;;;;;;;/h4*2-4H;;;;;;;;;/q;;;;3*+2;6*-1. The van der Waals surface area contributed by atoms with Crippen molar-refractivity contribution in [2.75, 3.05) is 0 Å². The molecule has 0 aliphatic rings. The molecule has 0 aromatic rings. The Morgan fingerprint density at radius 3 is 0.316 bits per heavy atom. The number of rotatable bonds is 0. The van der Waals surface area contributed by atoms with E-state index in [9.17, 15) is 0 Å². The first-order valence-corrected chi connectivity index (χ1v) is 3.10. The van der Waals surface area contributed by atoms with Crippen molar-refractivity contribution in [3.63, 3.8) is 0 Å². The first-order chi connectivity index (χ1) is 6.93. The van der Waals surface area contributed by atoms with Gasteiger partial charge in [0.05, 0.1) is 0 Å². The van der Waals surface area contributed by atoms with Crippen LogP contribution in [-0.2, 0) is 0 Å². The monoisotopic (exact) mass is 374 g/mol. The maximum absolute atomic E-state index is 7.17. The van der Waals surface area contributed by atoms with Gasteiger partial charge in [0, 0.05) is 0 Å². The fourth-order valence-corrected chi connectivity index (χ4v) is 0. The normalized spacial score (nSPS) is 5.68. The van der Waals surface area contributed by atoms with Crippen LogP contribution in [0.3, 0.4) is 0 Å². The molecule has 0 radical (unpaired) electrons. The van der Waals surface area contributed by atoms with E-state index in [1.165, 1.54) is 0 Å². The van der Waals surface area contributed by atoms with Crippen molar-refractivity contribution in [2.24, 2.45) is 0 Å². The molecule has 0 saturated heterocycles. The molecule has 0 aromatic heterocycles. The minimum atomic E-state index is -2.17. The minimum Gasteiger partial charge on any atom is -1.00 e. The van der Waals surface area contributed by atoms with E-state index in [1.54, 1.807) is 0 Å². The van der Waals surface area contributed by atoms with Crippen LogP contribution in [0.5, 0.6) is 0 Å². The molecule has 0 spiro atoms. The summed E-state index contributed by atoms with van der Waals surface area (Å²) in [5.74, 6) is 0. The molecule has 108 valence electrons. The molecular weight excluding hydrogens is 355 g/mol. The van der Waals surface area contributed by atoms with E-state index in [0.29, 0.717) is 0 Å². The second-order valence-electron chi connectivity index (χ2n) is 1.39. The SMILES string of the molecule is OB(O)O.OB(O)O.OB(O)O.OB(O)O.[Ca+2].[Ca+2].[Ca+2].[H-].[H-].[H-].[H-].[H-].[H-]. The molecule has 0 unspecified atom stereocenters. The van der Waals surface area contributed by atoms with Crippen molar-refractivity contribution < 1.29 is 68.8 Å². The molecule has 0 fully saturated rings. The van der Waals surface area contributed by atoms with Gasteiger partial charge < -0.3 is 68.8 Å². The van der Waals surface area contributed by atoms with Crippen LogP contribution in [0.2, 0.25) is 0 Å². The molecule has 12 nitrogen and oxygen atoms in total. The first kappa shape index (κ1) is 43.3. The van der Waals surface area contributed by atoms with E-state index in [1.807, 2.05) is 0 Å². The molecule has 19 heavy (non-hydrogen) atoms. The second-order valence-corrected chi connectivity index (χ2v) is 1.39. The van der Waals surface area contributed by atoms with Gasteiger partial charge in [-0.25, -0.2) is 0 Å². The largest absolute Gasteiger partial charge is 2.00 e. The zero-order valence-corrected chi connectivity index (χ0v) is 16.4. The molecule has 19 heteroatoms. The Labute approximate surface area is 208 Å². The Balaban J connectivity index is -0.00000000623. The topological polar surface area (TPSA) is 243 Å².